The molecule has 1 aliphatic heterocycles. The van der Waals surface area contributed by atoms with Gasteiger partial charge in [0.25, 0.3) is 0 Å². The van der Waals surface area contributed by atoms with E-state index in [0.717, 1.165) is 24.2 Å². The zero-order valence-corrected chi connectivity index (χ0v) is 11.1. The molecule has 2 unspecified atom stereocenters. The van der Waals surface area contributed by atoms with Gasteiger partial charge in [-0.2, -0.15) is 0 Å². The predicted molar refractivity (Wildman–Crippen MR) is 70.8 cm³/mol. The van der Waals surface area contributed by atoms with E-state index in [1.54, 1.807) is 0 Å². The van der Waals surface area contributed by atoms with Crippen molar-refractivity contribution >= 4 is 0 Å². The number of aliphatic hydroxyl groups is 1. The molecule has 0 saturated carbocycles. The smallest absolute Gasteiger partial charge is 0.125 e. The second-order valence-electron chi connectivity index (χ2n) is 4.92. The summed E-state index contributed by atoms with van der Waals surface area (Å²) in [7, 11) is 0. The topological polar surface area (TPSA) is 38.7 Å². The van der Waals surface area contributed by atoms with Crippen LogP contribution in [0.2, 0.25) is 0 Å². The van der Waals surface area contributed by atoms with Crippen molar-refractivity contribution in [3.8, 4) is 5.75 Å². The molecule has 1 N–H and O–H groups in total. The summed E-state index contributed by atoms with van der Waals surface area (Å²) in [6, 6.07) is 7.68. The Hall–Kier alpha value is -1.06. The number of ether oxygens (including phenoxy) is 2. The van der Waals surface area contributed by atoms with E-state index in [2.05, 4.69) is 6.92 Å². The van der Waals surface area contributed by atoms with Crippen molar-refractivity contribution < 1.29 is 14.6 Å². The highest BCUT2D eigenvalue weighted by molar-refractivity contribution is 5.35. The van der Waals surface area contributed by atoms with Gasteiger partial charge in [0.2, 0.25) is 0 Å². The summed E-state index contributed by atoms with van der Waals surface area (Å²) in [6.45, 7) is 4.62. The van der Waals surface area contributed by atoms with E-state index in [9.17, 15) is 5.11 Å². The third-order valence-electron chi connectivity index (χ3n) is 3.41. The van der Waals surface area contributed by atoms with Gasteiger partial charge in [-0.1, -0.05) is 25.1 Å². The van der Waals surface area contributed by atoms with Gasteiger partial charge in [-0.05, 0) is 32.3 Å². The maximum atomic E-state index is 9.93. The normalized spacial score (nSPS) is 25.1. The first kappa shape index (κ1) is 13.4. The lowest BCUT2D eigenvalue weighted by Gasteiger charge is -2.17. The van der Waals surface area contributed by atoms with E-state index >= 15 is 0 Å². The van der Waals surface area contributed by atoms with E-state index in [-0.39, 0.29) is 6.10 Å². The zero-order chi connectivity index (χ0) is 13.0. The maximum Gasteiger partial charge on any atom is 0.125 e. The van der Waals surface area contributed by atoms with Crippen LogP contribution in [-0.4, -0.2) is 23.9 Å². The fourth-order valence-electron chi connectivity index (χ4n) is 2.30. The number of rotatable bonds is 5. The highest BCUT2D eigenvalue weighted by Crippen LogP contribution is 2.28. The molecule has 3 atom stereocenters. The monoisotopic (exact) mass is 250 g/mol. The maximum absolute atomic E-state index is 9.93. The van der Waals surface area contributed by atoms with E-state index < -0.39 is 6.10 Å². The summed E-state index contributed by atoms with van der Waals surface area (Å²) in [5.74, 6) is 0.773. The molecule has 1 heterocycles. The highest BCUT2D eigenvalue weighted by Gasteiger charge is 2.22. The minimum atomic E-state index is -0.454. The molecule has 1 aliphatic rings. The van der Waals surface area contributed by atoms with E-state index in [1.165, 1.54) is 0 Å². The Labute approximate surface area is 109 Å². The quantitative estimate of drug-likeness (QED) is 0.872. The number of hydrogen-bond donors (Lipinski definition) is 1. The van der Waals surface area contributed by atoms with Crippen molar-refractivity contribution in [3.63, 3.8) is 0 Å². The first-order chi connectivity index (χ1) is 8.70. The summed E-state index contributed by atoms with van der Waals surface area (Å²) in [4.78, 5) is 0. The van der Waals surface area contributed by atoms with Crippen LogP contribution in [0.1, 0.15) is 44.8 Å². The van der Waals surface area contributed by atoms with Crippen molar-refractivity contribution in [1.29, 1.82) is 0 Å². The lowest BCUT2D eigenvalue weighted by atomic mass is 10.1. The van der Waals surface area contributed by atoms with Crippen LogP contribution in [0, 0.1) is 0 Å². The summed E-state index contributed by atoms with van der Waals surface area (Å²) < 4.78 is 11.5. The van der Waals surface area contributed by atoms with Gasteiger partial charge in [-0.3, -0.25) is 0 Å². The average Bonchev–Trinajstić information content (AvgIpc) is 2.81. The molecule has 0 amide bonds. The molecular weight excluding hydrogens is 228 g/mol. The van der Waals surface area contributed by atoms with E-state index in [1.807, 2.05) is 31.2 Å². The Morgan fingerprint density at radius 3 is 2.83 bits per heavy atom. The van der Waals surface area contributed by atoms with Crippen molar-refractivity contribution in [2.75, 3.05) is 6.61 Å². The molecule has 3 nitrogen and oxygen atoms in total. The Morgan fingerprint density at radius 2 is 2.17 bits per heavy atom. The molecular formula is C15H22O3. The van der Waals surface area contributed by atoms with Crippen molar-refractivity contribution in [3.05, 3.63) is 29.8 Å². The molecule has 0 aliphatic carbocycles. The molecule has 1 fully saturated rings. The van der Waals surface area contributed by atoms with Gasteiger partial charge in [0.15, 0.2) is 0 Å². The van der Waals surface area contributed by atoms with E-state index in [4.69, 9.17) is 9.47 Å². The van der Waals surface area contributed by atoms with Crippen molar-refractivity contribution in [1.82, 2.24) is 0 Å². The third kappa shape index (κ3) is 3.24. The second kappa shape index (κ2) is 6.21. The molecule has 1 aromatic carbocycles. The van der Waals surface area contributed by atoms with Crippen LogP contribution in [0.5, 0.6) is 5.75 Å². The van der Waals surface area contributed by atoms with Crippen LogP contribution in [-0.2, 0) is 4.74 Å². The van der Waals surface area contributed by atoms with Crippen LogP contribution in [0.15, 0.2) is 24.3 Å². The first-order valence-electron chi connectivity index (χ1n) is 6.76. The fourth-order valence-corrected chi connectivity index (χ4v) is 2.30. The van der Waals surface area contributed by atoms with Crippen LogP contribution in [0.3, 0.4) is 0 Å². The molecule has 100 valence electrons. The van der Waals surface area contributed by atoms with E-state index in [0.29, 0.717) is 19.1 Å². The summed E-state index contributed by atoms with van der Waals surface area (Å²) in [6.07, 6.45) is 2.93. The first-order valence-corrected chi connectivity index (χ1v) is 6.76. The van der Waals surface area contributed by atoms with Gasteiger partial charge in [-0.25, -0.2) is 0 Å². The molecule has 2 rings (SSSR count). The van der Waals surface area contributed by atoms with Crippen molar-refractivity contribution in [2.45, 2.75) is 51.4 Å². The fraction of sp³-hybridized carbons (Fsp3) is 0.600. The lowest BCUT2D eigenvalue weighted by Crippen LogP contribution is -2.18. The molecule has 1 saturated heterocycles. The molecule has 0 aromatic heterocycles. The Bertz CT molecular complexity index is 378. The summed E-state index contributed by atoms with van der Waals surface area (Å²) in [5.41, 5.74) is 0.867. The molecule has 0 spiro atoms. The van der Waals surface area contributed by atoms with Gasteiger partial charge < -0.3 is 14.6 Å². The molecule has 1 aromatic rings. The van der Waals surface area contributed by atoms with Crippen LogP contribution in [0.25, 0.3) is 0 Å². The number of hydrogen-bond acceptors (Lipinski definition) is 3. The van der Waals surface area contributed by atoms with Crippen LogP contribution < -0.4 is 4.74 Å². The number of para-hydroxylation sites is 1. The number of aliphatic hydroxyl groups excluding tert-OH is 1. The number of benzene rings is 1. The minimum absolute atomic E-state index is 0.187. The van der Waals surface area contributed by atoms with Crippen molar-refractivity contribution in [2.24, 2.45) is 0 Å². The predicted octanol–water partition coefficient (Wildman–Crippen LogP) is 3.08. The second-order valence-corrected chi connectivity index (χ2v) is 4.92. The Kier molecular flexibility index (Phi) is 4.61. The van der Waals surface area contributed by atoms with Gasteiger partial charge in [0.05, 0.1) is 18.3 Å². The lowest BCUT2D eigenvalue weighted by molar-refractivity contribution is 0.0255. The third-order valence-corrected chi connectivity index (χ3v) is 3.41. The summed E-state index contributed by atoms with van der Waals surface area (Å²) >= 11 is 0. The largest absolute Gasteiger partial charge is 0.490 e. The Morgan fingerprint density at radius 1 is 1.39 bits per heavy atom. The average molecular weight is 250 g/mol. The molecule has 0 radical (unpaired) electrons. The van der Waals surface area contributed by atoms with Gasteiger partial charge >= 0.3 is 0 Å². The Balaban J connectivity index is 1.96. The minimum Gasteiger partial charge on any atom is -0.490 e. The van der Waals surface area contributed by atoms with Crippen LogP contribution >= 0.6 is 0 Å². The molecule has 18 heavy (non-hydrogen) atoms. The summed E-state index contributed by atoms with van der Waals surface area (Å²) in [5, 5.41) is 9.93. The van der Waals surface area contributed by atoms with Gasteiger partial charge in [0.1, 0.15) is 12.4 Å². The van der Waals surface area contributed by atoms with Gasteiger partial charge in [-0.15, -0.1) is 0 Å². The van der Waals surface area contributed by atoms with Gasteiger partial charge in [0, 0.05) is 5.56 Å². The standard InChI is InChI=1S/C15H22O3/c1-3-14(16)13-6-4-5-7-15(13)17-10-12-9-8-11(2)18-12/h4-7,11-12,14,16H,3,8-10H2,1-2H3/t11?,12?,14-/m0/s1. The molecule has 0 bridgehead atoms. The highest BCUT2D eigenvalue weighted by atomic mass is 16.5. The molecule has 3 heteroatoms. The SMILES string of the molecule is CC[C@H](O)c1ccccc1OCC1CCC(C)O1. The zero-order valence-electron chi connectivity index (χ0n) is 11.1. The van der Waals surface area contributed by atoms with Crippen LogP contribution in [0.4, 0.5) is 0 Å².